The fourth-order valence-corrected chi connectivity index (χ4v) is 9.63. The molecule has 14 heteroatoms. The molecule has 2 unspecified atom stereocenters. The maximum atomic E-state index is 13.8. The molecule has 51 heavy (non-hydrogen) atoms. The van der Waals surface area contributed by atoms with Crippen molar-refractivity contribution in [3.8, 4) is 5.69 Å². The molecule has 0 bridgehead atoms. The van der Waals surface area contributed by atoms with E-state index in [0.29, 0.717) is 35.0 Å². The second kappa shape index (κ2) is 17.1. The standard InChI is InChI=1S/C37H42N2O10S2/c1-2-37(28-21-25-22-30-31(20-24-8-3-5-10-29(24)38-30)39(25)35(43)27(28)23-48-36(37)44)49-34(42)13-7-12-33(41)47-18-16-45-15-17-46-32(40)11-6-4-9-26-14-19-50-51-26/h3,5,8,10,20-21,26H,2,4,6-7,9,11-19,22-23H2,1H3. The van der Waals surface area contributed by atoms with Crippen LogP contribution in [0.2, 0.25) is 0 Å². The molecule has 0 aliphatic carbocycles. The normalized spacial score (nSPS) is 18.8. The van der Waals surface area contributed by atoms with Crippen molar-refractivity contribution >= 4 is 56.4 Å². The van der Waals surface area contributed by atoms with Crippen molar-refractivity contribution in [1.29, 1.82) is 0 Å². The van der Waals surface area contributed by atoms with Crippen molar-refractivity contribution < 1.29 is 42.9 Å². The largest absolute Gasteiger partial charge is 0.463 e. The lowest BCUT2D eigenvalue weighted by atomic mass is 9.85. The number of hydrogen-bond donors (Lipinski definition) is 0. The third-order valence-corrected chi connectivity index (χ3v) is 12.3. The van der Waals surface area contributed by atoms with Crippen LogP contribution in [0.4, 0.5) is 0 Å². The van der Waals surface area contributed by atoms with E-state index in [1.165, 1.54) is 12.2 Å². The number of para-hydroxylation sites is 1. The quantitative estimate of drug-likeness (QED) is 0.0583. The number of hydrogen-bond acceptors (Lipinski definition) is 13. The Balaban J connectivity index is 0.926. The van der Waals surface area contributed by atoms with Crippen molar-refractivity contribution in [1.82, 2.24) is 9.55 Å². The Kier molecular flexibility index (Phi) is 12.4. The van der Waals surface area contributed by atoms with E-state index in [-0.39, 0.29) is 75.8 Å². The molecule has 6 rings (SSSR count). The molecule has 0 amide bonds. The van der Waals surface area contributed by atoms with Crippen LogP contribution in [0.25, 0.3) is 16.6 Å². The molecular formula is C37H42N2O10S2. The number of rotatable bonds is 17. The zero-order chi connectivity index (χ0) is 35.8. The Morgan fingerprint density at radius 2 is 1.71 bits per heavy atom. The summed E-state index contributed by atoms with van der Waals surface area (Å²) in [5.41, 5.74) is 1.34. The summed E-state index contributed by atoms with van der Waals surface area (Å²) in [5, 5.41) is 1.61. The average molecular weight is 739 g/mol. The van der Waals surface area contributed by atoms with Crippen LogP contribution in [-0.2, 0) is 61.5 Å². The topological polar surface area (TPSA) is 149 Å². The maximum Gasteiger partial charge on any atom is 0.355 e. The summed E-state index contributed by atoms with van der Waals surface area (Å²) in [6.07, 6.45) is 5.02. The Hall–Kier alpha value is -3.88. The molecule has 3 aromatic rings. The minimum atomic E-state index is -1.79. The fraction of sp³-hybridized carbons (Fsp3) is 0.514. The van der Waals surface area contributed by atoms with Crippen LogP contribution in [0.1, 0.15) is 87.2 Å². The number of nitrogens with zero attached hydrogens (tertiary/aromatic N) is 2. The predicted octanol–water partition coefficient (Wildman–Crippen LogP) is 5.48. The molecule has 2 atom stereocenters. The number of esters is 4. The third-order valence-electron chi connectivity index (χ3n) is 9.28. The fourth-order valence-electron chi connectivity index (χ4n) is 6.60. The van der Waals surface area contributed by atoms with Crippen LogP contribution in [0, 0.1) is 0 Å². The highest BCUT2D eigenvalue weighted by atomic mass is 33.1. The number of pyridine rings is 2. The van der Waals surface area contributed by atoms with E-state index in [1.807, 2.05) is 51.9 Å². The number of carbonyl (C=O) groups excluding carboxylic acids is 4. The summed E-state index contributed by atoms with van der Waals surface area (Å²) in [4.78, 5) is 69.0. The summed E-state index contributed by atoms with van der Waals surface area (Å²) in [7, 11) is 3.87. The first-order valence-electron chi connectivity index (χ1n) is 17.5. The van der Waals surface area contributed by atoms with Crippen LogP contribution in [0.3, 0.4) is 0 Å². The van der Waals surface area contributed by atoms with Gasteiger partial charge >= 0.3 is 23.9 Å². The molecule has 12 nitrogen and oxygen atoms in total. The minimum Gasteiger partial charge on any atom is -0.463 e. The van der Waals surface area contributed by atoms with Crippen molar-refractivity contribution in [2.45, 2.75) is 88.6 Å². The third kappa shape index (κ3) is 8.61. The van der Waals surface area contributed by atoms with Gasteiger partial charge in [-0.1, -0.05) is 53.1 Å². The molecule has 1 saturated heterocycles. The van der Waals surface area contributed by atoms with Gasteiger partial charge < -0.3 is 23.7 Å². The van der Waals surface area contributed by atoms with Gasteiger partial charge in [-0.05, 0) is 50.3 Å². The summed E-state index contributed by atoms with van der Waals surface area (Å²) in [5.74, 6) is -0.969. The zero-order valence-electron chi connectivity index (χ0n) is 28.6. The van der Waals surface area contributed by atoms with Crippen molar-refractivity contribution in [2.75, 3.05) is 32.2 Å². The summed E-state index contributed by atoms with van der Waals surface area (Å²) >= 11 is 0. The summed E-state index contributed by atoms with van der Waals surface area (Å²) < 4.78 is 28.6. The van der Waals surface area contributed by atoms with Crippen LogP contribution < -0.4 is 5.56 Å². The Morgan fingerprint density at radius 1 is 0.961 bits per heavy atom. The van der Waals surface area contributed by atoms with E-state index < -0.39 is 23.5 Å². The van der Waals surface area contributed by atoms with Gasteiger partial charge in [-0.25, -0.2) is 4.79 Å². The lowest BCUT2D eigenvalue weighted by molar-refractivity contribution is -0.189. The van der Waals surface area contributed by atoms with Crippen molar-refractivity contribution in [3.63, 3.8) is 0 Å². The number of carbonyl (C=O) groups is 4. The van der Waals surface area contributed by atoms with Gasteiger partial charge in [0.1, 0.15) is 19.8 Å². The van der Waals surface area contributed by atoms with Gasteiger partial charge in [0.2, 0.25) is 5.60 Å². The number of fused-ring (bicyclic) bond motifs is 5. The molecular weight excluding hydrogens is 697 g/mol. The zero-order valence-corrected chi connectivity index (χ0v) is 30.3. The molecule has 3 aliphatic heterocycles. The smallest absolute Gasteiger partial charge is 0.355 e. The Bertz CT molecular complexity index is 1840. The van der Waals surface area contributed by atoms with E-state index in [4.69, 9.17) is 28.7 Å². The Morgan fingerprint density at radius 3 is 2.45 bits per heavy atom. The van der Waals surface area contributed by atoms with Crippen LogP contribution in [-0.4, -0.2) is 70.9 Å². The van der Waals surface area contributed by atoms with Gasteiger partial charge in [0.15, 0.2) is 0 Å². The molecule has 3 aliphatic rings. The van der Waals surface area contributed by atoms with Gasteiger partial charge in [-0.15, -0.1) is 0 Å². The van der Waals surface area contributed by atoms with Gasteiger partial charge in [0.25, 0.3) is 5.56 Å². The van der Waals surface area contributed by atoms with E-state index in [9.17, 15) is 24.0 Å². The van der Waals surface area contributed by atoms with E-state index >= 15 is 0 Å². The van der Waals surface area contributed by atoms with Crippen LogP contribution in [0.15, 0.2) is 41.2 Å². The summed E-state index contributed by atoms with van der Waals surface area (Å²) in [6, 6.07) is 11.3. The van der Waals surface area contributed by atoms with Crippen LogP contribution >= 0.6 is 21.6 Å². The van der Waals surface area contributed by atoms with Gasteiger partial charge in [-0.3, -0.25) is 28.7 Å². The number of cyclic esters (lactones) is 1. The average Bonchev–Trinajstić information content (AvgIpc) is 3.78. The van der Waals surface area contributed by atoms with Crippen LogP contribution in [0.5, 0.6) is 0 Å². The first-order chi connectivity index (χ1) is 24.8. The van der Waals surface area contributed by atoms with Gasteiger partial charge in [0, 0.05) is 53.3 Å². The van der Waals surface area contributed by atoms with Gasteiger partial charge in [-0.2, -0.15) is 0 Å². The molecule has 5 heterocycles. The highest BCUT2D eigenvalue weighted by Gasteiger charge is 2.50. The molecule has 2 aromatic heterocycles. The lowest BCUT2D eigenvalue weighted by Gasteiger charge is -2.35. The maximum absolute atomic E-state index is 13.8. The highest BCUT2D eigenvalue weighted by Crippen LogP contribution is 2.41. The lowest BCUT2D eigenvalue weighted by Crippen LogP contribution is -2.47. The monoisotopic (exact) mass is 738 g/mol. The second-order valence-corrected chi connectivity index (χ2v) is 15.5. The molecule has 272 valence electrons. The number of benzene rings is 1. The first kappa shape index (κ1) is 36.9. The predicted molar refractivity (Wildman–Crippen MR) is 192 cm³/mol. The number of ether oxygens (including phenoxy) is 5. The Labute approximate surface area is 303 Å². The molecule has 1 fully saturated rings. The first-order valence-corrected chi connectivity index (χ1v) is 19.9. The second-order valence-electron chi connectivity index (χ2n) is 12.7. The van der Waals surface area contributed by atoms with Crippen molar-refractivity contribution in [3.05, 3.63) is 69.3 Å². The van der Waals surface area contributed by atoms with Crippen molar-refractivity contribution in [2.24, 2.45) is 0 Å². The van der Waals surface area contributed by atoms with E-state index in [2.05, 4.69) is 0 Å². The number of unbranched alkanes of at least 4 members (excludes halogenated alkanes) is 1. The molecule has 0 radical (unpaired) electrons. The minimum absolute atomic E-state index is 0.0194. The molecule has 1 aromatic carbocycles. The highest BCUT2D eigenvalue weighted by molar-refractivity contribution is 8.77. The molecule has 0 saturated carbocycles. The SMILES string of the molecule is CCC1(OC(=O)CCCC(=O)OCCOCCOC(=O)CCCCC2CCSS2)C(=O)OCc2c1cc1n(c2=O)-c2cc3ccccc3nc2C1. The van der Waals surface area contributed by atoms with E-state index in [1.54, 1.807) is 17.6 Å². The summed E-state index contributed by atoms with van der Waals surface area (Å²) in [6.45, 7) is 1.96. The van der Waals surface area contributed by atoms with E-state index in [0.717, 1.165) is 35.9 Å². The molecule has 0 spiro atoms. The number of aromatic nitrogens is 2. The molecule has 0 N–H and O–H groups in total. The van der Waals surface area contributed by atoms with Gasteiger partial charge in [0.05, 0.1) is 35.7 Å².